The third-order valence-corrected chi connectivity index (χ3v) is 8.70. The summed E-state index contributed by atoms with van der Waals surface area (Å²) >= 11 is 0.560. The van der Waals surface area contributed by atoms with Gasteiger partial charge in [-0.3, -0.25) is 9.36 Å². The zero-order chi connectivity index (χ0) is 34.4. The zero-order valence-electron chi connectivity index (χ0n) is 25.4. The molecule has 47 heavy (non-hydrogen) atoms. The summed E-state index contributed by atoms with van der Waals surface area (Å²) in [6.07, 6.45) is -9.57. The van der Waals surface area contributed by atoms with Gasteiger partial charge in [0.15, 0.2) is 0 Å². The van der Waals surface area contributed by atoms with Gasteiger partial charge in [-0.1, -0.05) is 23.5 Å². The molecule has 9 nitrogen and oxygen atoms in total. The van der Waals surface area contributed by atoms with Gasteiger partial charge in [0.2, 0.25) is 5.88 Å². The number of halogens is 6. The van der Waals surface area contributed by atoms with Gasteiger partial charge in [-0.15, -0.1) is 0 Å². The Bertz CT molecular complexity index is 1900. The maximum atomic E-state index is 14.1. The van der Waals surface area contributed by atoms with Crippen LogP contribution in [0.2, 0.25) is 0 Å². The summed E-state index contributed by atoms with van der Waals surface area (Å²) in [5.41, 5.74) is -4.81. The number of hydrogen-bond donors (Lipinski definition) is 2. The lowest BCUT2D eigenvalue weighted by molar-refractivity contribution is -0.143. The number of thiazole rings is 1. The maximum absolute atomic E-state index is 14.1. The second-order valence-corrected chi connectivity index (χ2v) is 13.2. The summed E-state index contributed by atoms with van der Waals surface area (Å²) < 4.78 is 94.5. The monoisotopic (exact) mass is 684 g/mol. The van der Waals surface area contributed by atoms with Crippen LogP contribution >= 0.6 is 11.3 Å². The number of nitrogens with one attached hydrogen (secondary N) is 1. The molecule has 1 fully saturated rings. The average molecular weight is 685 g/mol. The molecule has 3 aromatic rings. The van der Waals surface area contributed by atoms with E-state index in [0.29, 0.717) is 28.3 Å². The number of alkyl carbamates (subject to hydrolysis) is 1. The molecule has 1 aromatic heterocycles. The molecule has 0 unspecified atom stereocenters. The molecule has 252 valence electrons. The van der Waals surface area contributed by atoms with E-state index in [0.717, 1.165) is 10.6 Å². The number of benzene rings is 2. The van der Waals surface area contributed by atoms with Crippen molar-refractivity contribution in [1.29, 1.82) is 0 Å². The molecular weight excluding hydrogens is 654 g/mol. The average Bonchev–Trinajstić information content (AvgIpc) is 3.54. The first kappa shape index (κ1) is 34.2. The number of nitrogens with zero attached hydrogens (tertiary/aromatic N) is 3. The van der Waals surface area contributed by atoms with E-state index in [1.165, 1.54) is 12.3 Å². The maximum Gasteiger partial charge on any atom is 0.416 e. The van der Waals surface area contributed by atoms with E-state index in [-0.39, 0.29) is 54.3 Å². The van der Waals surface area contributed by atoms with Gasteiger partial charge in [0, 0.05) is 25.2 Å². The normalized spacial score (nSPS) is 16.8. The van der Waals surface area contributed by atoms with Gasteiger partial charge in [0.25, 0.3) is 0 Å². The minimum atomic E-state index is -5.14. The molecule has 0 spiro atoms. The van der Waals surface area contributed by atoms with E-state index in [1.807, 2.05) is 0 Å². The molecule has 2 aliphatic rings. The fourth-order valence-corrected chi connectivity index (χ4v) is 6.36. The van der Waals surface area contributed by atoms with Crippen molar-refractivity contribution in [2.24, 2.45) is 10.2 Å². The summed E-state index contributed by atoms with van der Waals surface area (Å²) in [5, 5.41) is 22.9. The Morgan fingerprint density at radius 3 is 2.40 bits per heavy atom. The zero-order valence-corrected chi connectivity index (χ0v) is 26.2. The smallest absolute Gasteiger partial charge is 0.416 e. The number of alkyl halides is 6. The van der Waals surface area contributed by atoms with Crippen LogP contribution in [-0.4, -0.2) is 46.3 Å². The number of ether oxygens (including phenoxy) is 2. The Morgan fingerprint density at radius 2 is 1.77 bits per heavy atom. The molecule has 2 aromatic carbocycles. The summed E-state index contributed by atoms with van der Waals surface area (Å²) in [6.45, 7) is 5.30. The minimum Gasteiger partial charge on any atom is -0.493 e. The summed E-state index contributed by atoms with van der Waals surface area (Å²) in [4.78, 5) is 25.5. The van der Waals surface area contributed by atoms with Crippen molar-refractivity contribution in [3.63, 3.8) is 0 Å². The standard InChI is InChI=1S/C31H30F6N4O5S/c1-28(2,3)46-26(43)39-29(8-10-45-11-9-29)16-41-25(42)24(47-27(41)44)21(17-5-7-23-19(12-17)15-38-40-23)13-18-4-6-20(30(32,33)34)14-22(18)31(35,36)37/h4-7,12,14-15,42H,8-11,13,16H2,1-3H3,(H,39,43). The molecule has 0 atom stereocenters. The highest BCUT2D eigenvalue weighted by Gasteiger charge is 2.40. The molecule has 2 aliphatic heterocycles. The number of carbonyl (C=O) groups excluding carboxylic acids is 1. The fourth-order valence-electron chi connectivity index (χ4n) is 5.41. The molecule has 0 bridgehead atoms. The van der Waals surface area contributed by atoms with Gasteiger partial charge in [-0.2, -0.15) is 36.5 Å². The van der Waals surface area contributed by atoms with E-state index < -0.39 is 63.4 Å². The number of aromatic nitrogens is 1. The molecule has 1 amide bonds. The molecule has 16 heteroatoms. The van der Waals surface area contributed by atoms with Crippen LogP contribution in [0.4, 0.5) is 31.1 Å². The van der Waals surface area contributed by atoms with Crippen LogP contribution in [0.3, 0.4) is 0 Å². The Hall–Kier alpha value is -4.18. The predicted molar refractivity (Wildman–Crippen MR) is 160 cm³/mol. The van der Waals surface area contributed by atoms with Crippen LogP contribution in [0.25, 0.3) is 5.57 Å². The molecule has 1 saturated heterocycles. The topological polar surface area (TPSA) is 115 Å². The molecular formula is C31H30F6N4O5S. The highest BCUT2D eigenvalue weighted by Crippen LogP contribution is 2.40. The van der Waals surface area contributed by atoms with Crippen molar-refractivity contribution >= 4 is 29.2 Å². The van der Waals surface area contributed by atoms with Crippen molar-refractivity contribution in [2.45, 2.75) is 70.1 Å². The van der Waals surface area contributed by atoms with Crippen LogP contribution in [0.15, 0.2) is 51.4 Å². The predicted octanol–water partition coefficient (Wildman–Crippen LogP) is 5.14. The highest BCUT2D eigenvalue weighted by atomic mass is 32.1. The third-order valence-electron chi connectivity index (χ3n) is 7.67. The van der Waals surface area contributed by atoms with Gasteiger partial charge < -0.3 is 19.9 Å². The van der Waals surface area contributed by atoms with E-state index in [4.69, 9.17) is 9.47 Å². The molecule has 3 heterocycles. The van der Waals surface area contributed by atoms with Gasteiger partial charge >= 0.3 is 23.3 Å². The summed E-state index contributed by atoms with van der Waals surface area (Å²) in [7, 11) is 0. The van der Waals surface area contributed by atoms with E-state index in [9.17, 15) is 41.0 Å². The van der Waals surface area contributed by atoms with Crippen molar-refractivity contribution in [1.82, 2.24) is 9.88 Å². The third kappa shape index (κ3) is 7.70. The molecule has 0 saturated carbocycles. The number of carbonyl (C=O) groups is 1. The summed E-state index contributed by atoms with van der Waals surface area (Å²) in [6, 6.07) is 5.97. The first-order valence-electron chi connectivity index (χ1n) is 14.4. The Labute approximate surface area is 267 Å². The lowest BCUT2D eigenvalue weighted by atomic mass is 9.90. The van der Waals surface area contributed by atoms with Crippen molar-refractivity contribution < 1.29 is 45.7 Å². The van der Waals surface area contributed by atoms with Crippen LogP contribution in [0.5, 0.6) is 5.88 Å². The second kappa shape index (κ2) is 12.4. The van der Waals surface area contributed by atoms with Crippen LogP contribution in [0.1, 0.15) is 60.7 Å². The van der Waals surface area contributed by atoms with Crippen LogP contribution in [0, 0.1) is 0 Å². The number of rotatable bonds is 6. The fraction of sp³-hybridized carbons (Fsp3) is 0.419. The van der Waals surface area contributed by atoms with Gasteiger partial charge in [-0.25, -0.2) is 4.79 Å². The second-order valence-electron chi connectivity index (χ2n) is 12.3. The van der Waals surface area contributed by atoms with E-state index in [2.05, 4.69) is 15.5 Å². The molecule has 5 rings (SSSR count). The molecule has 2 N–H and O–H groups in total. The van der Waals surface area contributed by atoms with Crippen LogP contribution < -0.4 is 20.8 Å². The minimum absolute atomic E-state index is 0.0475. The first-order chi connectivity index (χ1) is 21.9. The van der Waals surface area contributed by atoms with E-state index in [1.54, 1.807) is 32.9 Å². The molecule has 0 radical (unpaired) electrons. The SMILES string of the molecule is CC(C)(C)OC(=O)NC1(Cn2c(O)c(C(Cc3ccc(C(F)(F)F)cc3C(F)(F)F)=c3ccc4c(c3)C=NN=4)sc2=O)CCOCC1. The van der Waals surface area contributed by atoms with E-state index >= 15 is 0 Å². The van der Waals surface area contributed by atoms with Crippen LogP contribution in [-0.2, 0) is 34.8 Å². The highest BCUT2D eigenvalue weighted by molar-refractivity contribution is 7.10. The number of amides is 1. The summed E-state index contributed by atoms with van der Waals surface area (Å²) in [5.74, 6) is -0.578. The lowest BCUT2D eigenvalue weighted by Gasteiger charge is -2.38. The number of aromatic hydroxyl groups is 1. The largest absolute Gasteiger partial charge is 0.493 e. The Kier molecular flexibility index (Phi) is 9.05. The van der Waals surface area contributed by atoms with Gasteiger partial charge in [-0.05, 0) is 74.2 Å². The number of hydrogen-bond acceptors (Lipinski definition) is 8. The van der Waals surface area contributed by atoms with Crippen molar-refractivity contribution in [2.75, 3.05) is 13.2 Å². The Morgan fingerprint density at radius 1 is 1.06 bits per heavy atom. The van der Waals surface area contributed by atoms with Crippen molar-refractivity contribution in [3.8, 4) is 5.88 Å². The molecule has 0 aliphatic carbocycles. The quantitative estimate of drug-likeness (QED) is 0.350. The lowest BCUT2D eigenvalue weighted by Crippen LogP contribution is -2.56. The van der Waals surface area contributed by atoms with Crippen molar-refractivity contribution in [3.05, 3.63) is 83.8 Å². The first-order valence-corrected chi connectivity index (χ1v) is 15.2. The van der Waals surface area contributed by atoms with Gasteiger partial charge in [0.1, 0.15) is 5.60 Å². The van der Waals surface area contributed by atoms with Gasteiger partial charge in [0.05, 0.1) is 39.7 Å². The Balaban J connectivity index is 1.63. The number of fused-ring (bicyclic) bond motifs is 1.